The van der Waals surface area contributed by atoms with E-state index < -0.39 is 0 Å². The maximum atomic E-state index is 5.95. The number of nitrogens with zero attached hydrogens (tertiary/aromatic N) is 2. The molecule has 1 unspecified atom stereocenters. The van der Waals surface area contributed by atoms with Gasteiger partial charge in [-0.25, -0.2) is 0 Å². The van der Waals surface area contributed by atoms with Gasteiger partial charge in [0.1, 0.15) is 0 Å². The molecule has 2 rings (SSSR count). The van der Waals surface area contributed by atoms with Crippen molar-refractivity contribution in [1.29, 1.82) is 0 Å². The highest BCUT2D eigenvalue weighted by molar-refractivity contribution is 6.30. The van der Waals surface area contributed by atoms with Crippen LogP contribution in [0.2, 0.25) is 5.02 Å². The van der Waals surface area contributed by atoms with Crippen molar-refractivity contribution in [2.45, 2.75) is 19.5 Å². The summed E-state index contributed by atoms with van der Waals surface area (Å²) in [5.41, 5.74) is 2.35. The van der Waals surface area contributed by atoms with Crippen molar-refractivity contribution in [3.8, 4) is 0 Å². The number of hydrogen-bond acceptors (Lipinski definition) is 2. The van der Waals surface area contributed by atoms with Crippen molar-refractivity contribution in [3.05, 3.63) is 52.8 Å². The highest BCUT2D eigenvalue weighted by atomic mass is 35.5. The molecule has 2 aromatic rings. The maximum absolute atomic E-state index is 5.95. The Balaban J connectivity index is 2.11. The van der Waals surface area contributed by atoms with Gasteiger partial charge in [-0.1, -0.05) is 23.7 Å². The molecule has 17 heavy (non-hydrogen) atoms. The molecule has 0 amide bonds. The molecule has 3 nitrogen and oxygen atoms in total. The molecule has 1 N–H and O–H groups in total. The fourth-order valence-electron chi connectivity index (χ4n) is 1.68. The first-order chi connectivity index (χ1) is 8.19. The lowest BCUT2D eigenvalue weighted by Gasteiger charge is -2.06. The Kier molecular flexibility index (Phi) is 3.82. The lowest BCUT2D eigenvalue weighted by atomic mass is 10.2. The van der Waals surface area contributed by atoms with Gasteiger partial charge in [-0.15, -0.1) is 0 Å². The molecule has 1 heterocycles. The van der Waals surface area contributed by atoms with Crippen LogP contribution in [0.25, 0.3) is 0 Å². The fourth-order valence-corrected chi connectivity index (χ4v) is 1.89. The molecule has 1 aromatic carbocycles. The van der Waals surface area contributed by atoms with E-state index in [1.165, 1.54) is 5.56 Å². The van der Waals surface area contributed by atoms with Crippen LogP contribution in [-0.4, -0.2) is 16.8 Å². The van der Waals surface area contributed by atoms with Crippen molar-refractivity contribution in [1.82, 2.24) is 15.1 Å². The smallest absolute Gasteiger partial charge is 0.0660 e. The second-order valence-electron chi connectivity index (χ2n) is 4.11. The van der Waals surface area contributed by atoms with Crippen LogP contribution in [0.1, 0.15) is 24.1 Å². The zero-order valence-electron chi connectivity index (χ0n) is 10.0. The summed E-state index contributed by atoms with van der Waals surface area (Å²) in [4.78, 5) is 0. The molecular weight excluding hydrogens is 234 g/mol. The van der Waals surface area contributed by atoms with Gasteiger partial charge in [0.15, 0.2) is 0 Å². The largest absolute Gasteiger partial charge is 0.313 e. The number of aromatic nitrogens is 2. The molecule has 0 aliphatic carbocycles. The Morgan fingerprint density at radius 1 is 1.47 bits per heavy atom. The van der Waals surface area contributed by atoms with Crippen LogP contribution >= 0.6 is 11.6 Å². The second kappa shape index (κ2) is 5.34. The molecule has 0 aliphatic heterocycles. The summed E-state index contributed by atoms with van der Waals surface area (Å²) < 4.78 is 1.93. The van der Waals surface area contributed by atoms with E-state index in [1.807, 2.05) is 36.1 Å². The molecule has 90 valence electrons. The molecule has 1 atom stereocenters. The van der Waals surface area contributed by atoms with Crippen molar-refractivity contribution in [2.24, 2.45) is 0 Å². The number of rotatable bonds is 4. The highest BCUT2D eigenvalue weighted by Crippen LogP contribution is 2.14. The summed E-state index contributed by atoms with van der Waals surface area (Å²) in [5, 5.41) is 8.30. The van der Waals surface area contributed by atoms with E-state index in [9.17, 15) is 0 Å². The monoisotopic (exact) mass is 249 g/mol. The standard InChI is InChI=1S/C13H16ClN3/c1-10(15-2)12-7-16-17(9-12)8-11-4-3-5-13(14)6-11/h3-7,9-10,15H,8H2,1-2H3. The van der Waals surface area contributed by atoms with E-state index in [0.29, 0.717) is 6.04 Å². The lowest BCUT2D eigenvalue weighted by Crippen LogP contribution is -2.11. The topological polar surface area (TPSA) is 29.9 Å². The molecular formula is C13H16ClN3. The van der Waals surface area contributed by atoms with E-state index in [0.717, 1.165) is 17.1 Å². The van der Waals surface area contributed by atoms with E-state index in [4.69, 9.17) is 11.6 Å². The summed E-state index contributed by atoms with van der Waals surface area (Å²) in [6, 6.07) is 8.17. The quantitative estimate of drug-likeness (QED) is 0.903. The van der Waals surface area contributed by atoms with Gasteiger partial charge in [-0.05, 0) is 31.7 Å². The van der Waals surface area contributed by atoms with E-state index >= 15 is 0 Å². The van der Waals surface area contributed by atoms with Crippen LogP contribution in [0, 0.1) is 0 Å². The normalized spacial score (nSPS) is 12.6. The fraction of sp³-hybridized carbons (Fsp3) is 0.308. The first-order valence-corrected chi connectivity index (χ1v) is 6.01. The summed E-state index contributed by atoms with van der Waals surface area (Å²) in [6.07, 6.45) is 3.95. The van der Waals surface area contributed by atoms with Gasteiger partial charge in [0, 0.05) is 22.8 Å². The molecule has 0 aliphatic rings. The van der Waals surface area contributed by atoms with Gasteiger partial charge in [0.25, 0.3) is 0 Å². The van der Waals surface area contributed by atoms with Crippen LogP contribution in [-0.2, 0) is 6.54 Å². The Morgan fingerprint density at radius 2 is 2.29 bits per heavy atom. The van der Waals surface area contributed by atoms with Gasteiger partial charge in [0.05, 0.1) is 12.7 Å². The highest BCUT2D eigenvalue weighted by Gasteiger charge is 2.05. The Hall–Kier alpha value is -1.32. The minimum atomic E-state index is 0.322. The molecule has 0 saturated heterocycles. The third kappa shape index (κ3) is 3.08. The Bertz CT molecular complexity index is 493. The van der Waals surface area contributed by atoms with Crippen LogP contribution < -0.4 is 5.32 Å². The summed E-state index contributed by atoms with van der Waals surface area (Å²) in [6.45, 7) is 2.86. The predicted molar refractivity (Wildman–Crippen MR) is 70.3 cm³/mol. The average Bonchev–Trinajstić information content (AvgIpc) is 2.76. The summed E-state index contributed by atoms with van der Waals surface area (Å²) in [5.74, 6) is 0. The van der Waals surface area contributed by atoms with E-state index in [1.54, 1.807) is 0 Å². The van der Waals surface area contributed by atoms with Crippen LogP contribution in [0.4, 0.5) is 0 Å². The van der Waals surface area contributed by atoms with Crippen LogP contribution in [0.5, 0.6) is 0 Å². The molecule has 0 saturated carbocycles. The molecule has 0 bridgehead atoms. The van der Waals surface area contributed by atoms with Gasteiger partial charge in [0.2, 0.25) is 0 Å². The SMILES string of the molecule is CNC(C)c1cnn(Cc2cccc(Cl)c2)c1. The summed E-state index contributed by atoms with van der Waals surface area (Å²) in [7, 11) is 1.94. The Morgan fingerprint density at radius 3 is 3.00 bits per heavy atom. The van der Waals surface area contributed by atoms with Crippen LogP contribution in [0.3, 0.4) is 0 Å². The minimum absolute atomic E-state index is 0.322. The van der Waals surface area contributed by atoms with Gasteiger partial charge >= 0.3 is 0 Å². The first-order valence-electron chi connectivity index (χ1n) is 5.63. The molecule has 4 heteroatoms. The average molecular weight is 250 g/mol. The number of halogens is 1. The van der Waals surface area contributed by atoms with Crippen molar-refractivity contribution < 1.29 is 0 Å². The summed E-state index contributed by atoms with van der Waals surface area (Å²) >= 11 is 5.95. The predicted octanol–water partition coefficient (Wildman–Crippen LogP) is 2.87. The third-order valence-electron chi connectivity index (χ3n) is 2.82. The van der Waals surface area contributed by atoms with Crippen molar-refractivity contribution >= 4 is 11.6 Å². The van der Waals surface area contributed by atoms with Gasteiger partial charge < -0.3 is 5.32 Å². The van der Waals surface area contributed by atoms with Crippen molar-refractivity contribution in [3.63, 3.8) is 0 Å². The molecule has 0 fully saturated rings. The van der Waals surface area contributed by atoms with E-state index in [-0.39, 0.29) is 0 Å². The van der Waals surface area contributed by atoms with E-state index in [2.05, 4.69) is 29.6 Å². The molecule has 0 radical (unpaired) electrons. The van der Waals surface area contributed by atoms with Gasteiger partial charge in [-0.3, -0.25) is 4.68 Å². The van der Waals surface area contributed by atoms with Crippen LogP contribution in [0.15, 0.2) is 36.7 Å². The maximum Gasteiger partial charge on any atom is 0.0660 e. The number of nitrogens with one attached hydrogen (secondary N) is 1. The Labute approximate surface area is 106 Å². The lowest BCUT2D eigenvalue weighted by molar-refractivity contribution is 0.646. The van der Waals surface area contributed by atoms with Crippen molar-refractivity contribution in [2.75, 3.05) is 7.05 Å². The molecule has 1 aromatic heterocycles. The zero-order chi connectivity index (χ0) is 12.3. The first kappa shape index (κ1) is 12.1. The minimum Gasteiger partial charge on any atom is -0.313 e. The molecule has 0 spiro atoms. The zero-order valence-corrected chi connectivity index (χ0v) is 10.8. The van der Waals surface area contributed by atoms with Gasteiger partial charge in [-0.2, -0.15) is 5.10 Å². The second-order valence-corrected chi connectivity index (χ2v) is 4.55. The number of hydrogen-bond donors (Lipinski definition) is 1. The third-order valence-corrected chi connectivity index (χ3v) is 3.05. The number of benzene rings is 1.